The lowest BCUT2D eigenvalue weighted by atomic mass is 10.1. The summed E-state index contributed by atoms with van der Waals surface area (Å²) < 4.78 is 16.9. The second-order valence-corrected chi connectivity index (χ2v) is 6.57. The van der Waals surface area contributed by atoms with E-state index >= 15 is 0 Å². The molecule has 0 aliphatic carbocycles. The number of nitro benzene ring substituents is 1. The Bertz CT molecular complexity index is 966. The molecule has 0 saturated heterocycles. The molecule has 0 aliphatic rings. The fourth-order valence-corrected chi connectivity index (χ4v) is 2.85. The van der Waals surface area contributed by atoms with E-state index in [1.165, 1.54) is 12.1 Å². The van der Waals surface area contributed by atoms with Gasteiger partial charge in [0.15, 0.2) is 11.5 Å². The van der Waals surface area contributed by atoms with E-state index in [9.17, 15) is 14.9 Å². The van der Waals surface area contributed by atoms with Crippen LogP contribution in [-0.4, -0.2) is 36.4 Å². The van der Waals surface area contributed by atoms with Crippen LogP contribution in [0.4, 0.5) is 5.69 Å². The van der Waals surface area contributed by atoms with Gasteiger partial charge in [0.1, 0.15) is 5.02 Å². The van der Waals surface area contributed by atoms with Crippen molar-refractivity contribution in [3.63, 3.8) is 0 Å². The number of carbonyl (C=O) groups excluding carboxylic acids is 1. The molecule has 0 aliphatic heterocycles. The molecule has 0 bridgehead atoms. The first kappa shape index (κ1) is 23.9. The van der Waals surface area contributed by atoms with Gasteiger partial charge in [-0.15, -0.1) is 0 Å². The molecule has 0 unspecified atom stereocenters. The summed E-state index contributed by atoms with van der Waals surface area (Å²) in [5.41, 5.74) is 3.28. The average molecular weight is 450 g/mol. The van der Waals surface area contributed by atoms with Crippen LogP contribution in [0.2, 0.25) is 5.02 Å². The molecule has 0 aromatic heterocycles. The van der Waals surface area contributed by atoms with Crippen LogP contribution in [0, 0.1) is 10.1 Å². The smallest absolute Gasteiger partial charge is 0.288 e. The molecule has 0 spiro atoms. The van der Waals surface area contributed by atoms with Crippen LogP contribution in [0.1, 0.15) is 43.6 Å². The van der Waals surface area contributed by atoms with Gasteiger partial charge in [-0.3, -0.25) is 14.9 Å². The fourth-order valence-electron chi connectivity index (χ4n) is 2.66. The Labute approximate surface area is 185 Å². The number of halogens is 1. The van der Waals surface area contributed by atoms with Crippen molar-refractivity contribution in [2.45, 2.75) is 27.7 Å². The molecular weight excluding hydrogens is 426 g/mol. The first-order valence-corrected chi connectivity index (χ1v) is 10.0. The number of amides is 1. The van der Waals surface area contributed by atoms with Crippen molar-refractivity contribution < 1.29 is 23.9 Å². The lowest BCUT2D eigenvalue weighted by molar-refractivity contribution is -0.384. The van der Waals surface area contributed by atoms with E-state index in [1.54, 1.807) is 25.1 Å². The highest BCUT2D eigenvalue weighted by atomic mass is 35.5. The molecule has 9 nitrogen and oxygen atoms in total. The zero-order chi connectivity index (χ0) is 23.0. The lowest BCUT2D eigenvalue weighted by Crippen LogP contribution is -2.20. The molecule has 0 fully saturated rings. The predicted molar refractivity (Wildman–Crippen MR) is 118 cm³/mol. The van der Waals surface area contributed by atoms with Gasteiger partial charge in [-0.25, -0.2) is 5.43 Å². The number of hydrazone groups is 1. The second-order valence-electron chi connectivity index (χ2n) is 6.16. The number of nitrogens with zero attached hydrogens (tertiary/aromatic N) is 2. The maximum absolute atomic E-state index is 12.7. The Morgan fingerprint density at radius 3 is 2.13 bits per heavy atom. The molecule has 2 rings (SSSR count). The van der Waals surface area contributed by atoms with Gasteiger partial charge in [0.25, 0.3) is 11.6 Å². The Morgan fingerprint density at radius 2 is 1.61 bits per heavy atom. The molecule has 31 heavy (non-hydrogen) atoms. The molecule has 166 valence electrons. The number of hydrogen-bond donors (Lipinski definition) is 1. The van der Waals surface area contributed by atoms with Crippen molar-refractivity contribution in [3.05, 3.63) is 56.6 Å². The largest absolute Gasteiger partial charge is 0.490 e. The molecule has 1 N–H and O–H groups in total. The molecule has 2 aromatic rings. The maximum atomic E-state index is 12.7. The number of rotatable bonds is 10. The van der Waals surface area contributed by atoms with Crippen molar-refractivity contribution in [2.24, 2.45) is 5.10 Å². The van der Waals surface area contributed by atoms with E-state index in [1.807, 2.05) is 20.8 Å². The van der Waals surface area contributed by atoms with E-state index in [0.29, 0.717) is 48.3 Å². The van der Waals surface area contributed by atoms with Crippen LogP contribution in [-0.2, 0) is 0 Å². The minimum atomic E-state index is -0.581. The summed E-state index contributed by atoms with van der Waals surface area (Å²) in [4.78, 5) is 23.2. The van der Waals surface area contributed by atoms with Crippen molar-refractivity contribution in [1.29, 1.82) is 0 Å². The van der Waals surface area contributed by atoms with E-state index in [0.717, 1.165) is 0 Å². The van der Waals surface area contributed by atoms with E-state index in [-0.39, 0.29) is 16.3 Å². The SMILES string of the molecule is CCOc1cc(C(=O)NN=C(C)c2ccc(Cl)c([N+](=O)[O-])c2)cc(OCC)c1OCC. The van der Waals surface area contributed by atoms with Gasteiger partial charge in [0, 0.05) is 17.2 Å². The van der Waals surface area contributed by atoms with Gasteiger partial charge in [-0.2, -0.15) is 5.10 Å². The number of nitro groups is 1. The van der Waals surface area contributed by atoms with Crippen molar-refractivity contribution in [1.82, 2.24) is 5.43 Å². The monoisotopic (exact) mass is 449 g/mol. The quantitative estimate of drug-likeness (QED) is 0.322. The summed E-state index contributed by atoms with van der Waals surface area (Å²) in [7, 11) is 0. The lowest BCUT2D eigenvalue weighted by Gasteiger charge is -2.16. The molecular formula is C21H24ClN3O6. The third kappa shape index (κ3) is 6.08. The van der Waals surface area contributed by atoms with Crippen molar-refractivity contribution in [3.8, 4) is 17.2 Å². The third-order valence-electron chi connectivity index (χ3n) is 4.06. The standard InChI is InChI=1S/C21H24ClN3O6/c1-5-29-18-11-15(12-19(30-6-2)20(18)31-7-3)21(26)24-23-13(4)14-8-9-16(22)17(10-14)25(27)28/h8-12H,5-7H2,1-4H3,(H,24,26). The highest BCUT2D eigenvalue weighted by Crippen LogP contribution is 2.39. The average Bonchev–Trinajstić information content (AvgIpc) is 2.74. The van der Waals surface area contributed by atoms with Crippen molar-refractivity contribution >= 4 is 28.9 Å². The summed E-state index contributed by atoms with van der Waals surface area (Å²) in [5.74, 6) is 0.688. The van der Waals surface area contributed by atoms with Gasteiger partial charge < -0.3 is 14.2 Å². The molecule has 0 saturated carbocycles. The summed E-state index contributed by atoms with van der Waals surface area (Å²) in [5, 5.41) is 15.1. The highest BCUT2D eigenvalue weighted by molar-refractivity contribution is 6.32. The fraction of sp³-hybridized carbons (Fsp3) is 0.333. The van der Waals surface area contributed by atoms with Gasteiger partial charge in [0.2, 0.25) is 5.75 Å². The number of benzene rings is 2. The van der Waals surface area contributed by atoms with E-state index in [2.05, 4.69) is 10.5 Å². The highest BCUT2D eigenvalue weighted by Gasteiger charge is 2.19. The number of ether oxygens (including phenoxy) is 3. The normalized spacial score (nSPS) is 11.1. The molecule has 1 amide bonds. The summed E-state index contributed by atoms with van der Waals surface area (Å²) in [6, 6.07) is 7.38. The number of hydrogen-bond acceptors (Lipinski definition) is 7. The first-order valence-electron chi connectivity index (χ1n) is 9.67. The molecule has 0 heterocycles. The van der Waals surface area contributed by atoms with Gasteiger partial charge in [-0.1, -0.05) is 17.7 Å². The van der Waals surface area contributed by atoms with Crippen LogP contribution >= 0.6 is 11.6 Å². The van der Waals surface area contributed by atoms with Gasteiger partial charge >= 0.3 is 0 Å². The topological polar surface area (TPSA) is 112 Å². The second kappa shape index (κ2) is 11.2. The molecule has 0 radical (unpaired) electrons. The van der Waals surface area contributed by atoms with Crippen LogP contribution in [0.25, 0.3) is 0 Å². The summed E-state index contributed by atoms with van der Waals surface area (Å²) >= 11 is 5.83. The number of nitrogens with one attached hydrogen (secondary N) is 1. The number of carbonyl (C=O) groups is 1. The van der Waals surface area contributed by atoms with Gasteiger partial charge in [-0.05, 0) is 45.9 Å². The Balaban J connectivity index is 2.32. The Morgan fingerprint density at radius 1 is 1.03 bits per heavy atom. The molecule has 2 aromatic carbocycles. The van der Waals surface area contributed by atoms with Crippen LogP contribution in [0.3, 0.4) is 0 Å². The Kier molecular flexibility index (Phi) is 8.63. The predicted octanol–water partition coefficient (Wildman–Crippen LogP) is 4.60. The van der Waals surface area contributed by atoms with E-state index < -0.39 is 10.8 Å². The molecule has 10 heteroatoms. The minimum Gasteiger partial charge on any atom is -0.490 e. The van der Waals surface area contributed by atoms with Crippen LogP contribution in [0.5, 0.6) is 17.2 Å². The van der Waals surface area contributed by atoms with Crippen LogP contribution in [0.15, 0.2) is 35.4 Å². The van der Waals surface area contributed by atoms with Crippen molar-refractivity contribution in [2.75, 3.05) is 19.8 Å². The Hall–Kier alpha value is -3.33. The zero-order valence-corrected chi connectivity index (χ0v) is 18.5. The maximum Gasteiger partial charge on any atom is 0.288 e. The molecule has 0 atom stereocenters. The third-order valence-corrected chi connectivity index (χ3v) is 4.38. The first-order chi connectivity index (χ1) is 14.8. The summed E-state index contributed by atoms with van der Waals surface area (Å²) in [6.45, 7) is 8.26. The van der Waals surface area contributed by atoms with Crippen LogP contribution < -0.4 is 19.6 Å². The van der Waals surface area contributed by atoms with E-state index in [4.69, 9.17) is 25.8 Å². The van der Waals surface area contributed by atoms with Gasteiger partial charge in [0.05, 0.1) is 30.5 Å². The summed E-state index contributed by atoms with van der Waals surface area (Å²) in [6.07, 6.45) is 0. The minimum absolute atomic E-state index is 0.0203. The zero-order valence-electron chi connectivity index (χ0n) is 17.7.